The average Bonchev–Trinajstić information content (AvgIpc) is 2.80. The molecule has 0 unspecified atom stereocenters. The van der Waals surface area contributed by atoms with Gasteiger partial charge in [0.25, 0.3) is 0 Å². The number of oxazole rings is 1. The number of nitrogens with zero attached hydrogens (tertiary/aromatic N) is 1. The molecule has 3 heteroatoms. The van der Waals surface area contributed by atoms with Gasteiger partial charge in [0, 0.05) is 13.0 Å². The smallest absolute Gasteiger partial charge is 0.208 e. The van der Waals surface area contributed by atoms with E-state index in [1.165, 1.54) is 11.1 Å². The molecule has 17 heavy (non-hydrogen) atoms. The summed E-state index contributed by atoms with van der Waals surface area (Å²) >= 11 is 0. The van der Waals surface area contributed by atoms with Crippen LogP contribution >= 0.6 is 0 Å². The lowest BCUT2D eigenvalue weighted by molar-refractivity contribution is 0.439. The standard InChI is InChI=1S/C14H18N2O/c1-3-13-9-16-14(17-13)10-15-8-12-6-4-11(2)5-7-12/h4-7,9,15H,3,8,10H2,1-2H3. The van der Waals surface area contributed by atoms with Gasteiger partial charge in [0.05, 0.1) is 12.7 Å². The first-order chi connectivity index (χ1) is 8.28. The van der Waals surface area contributed by atoms with Gasteiger partial charge in [0.15, 0.2) is 0 Å². The minimum Gasteiger partial charge on any atom is -0.444 e. The summed E-state index contributed by atoms with van der Waals surface area (Å²) in [4.78, 5) is 4.20. The Balaban J connectivity index is 1.81. The Hall–Kier alpha value is -1.61. The van der Waals surface area contributed by atoms with Crippen molar-refractivity contribution in [1.82, 2.24) is 10.3 Å². The summed E-state index contributed by atoms with van der Waals surface area (Å²) in [7, 11) is 0. The van der Waals surface area contributed by atoms with Crippen molar-refractivity contribution in [3.05, 3.63) is 53.2 Å². The number of hydrogen-bond donors (Lipinski definition) is 1. The van der Waals surface area contributed by atoms with E-state index in [2.05, 4.69) is 48.4 Å². The first-order valence-electron chi connectivity index (χ1n) is 5.97. The third kappa shape index (κ3) is 3.43. The highest BCUT2D eigenvalue weighted by Gasteiger charge is 2.01. The number of aromatic nitrogens is 1. The Kier molecular flexibility index (Phi) is 3.94. The molecule has 0 bridgehead atoms. The van der Waals surface area contributed by atoms with E-state index < -0.39 is 0 Å². The van der Waals surface area contributed by atoms with Gasteiger partial charge in [-0.3, -0.25) is 0 Å². The van der Waals surface area contributed by atoms with Crippen LogP contribution in [0, 0.1) is 6.92 Å². The second kappa shape index (κ2) is 5.64. The zero-order valence-electron chi connectivity index (χ0n) is 10.4. The second-order valence-electron chi connectivity index (χ2n) is 4.16. The van der Waals surface area contributed by atoms with E-state index in [-0.39, 0.29) is 0 Å². The third-order valence-corrected chi connectivity index (χ3v) is 2.68. The lowest BCUT2D eigenvalue weighted by atomic mass is 10.1. The summed E-state index contributed by atoms with van der Waals surface area (Å²) in [6, 6.07) is 8.51. The van der Waals surface area contributed by atoms with Gasteiger partial charge >= 0.3 is 0 Å². The molecule has 1 aromatic carbocycles. The zero-order chi connectivity index (χ0) is 12.1. The topological polar surface area (TPSA) is 38.1 Å². The van der Waals surface area contributed by atoms with Gasteiger partial charge in [0.1, 0.15) is 5.76 Å². The minimum absolute atomic E-state index is 0.674. The van der Waals surface area contributed by atoms with Crippen molar-refractivity contribution >= 4 is 0 Å². The van der Waals surface area contributed by atoms with E-state index in [1.54, 1.807) is 6.20 Å². The van der Waals surface area contributed by atoms with E-state index >= 15 is 0 Å². The van der Waals surface area contributed by atoms with Crippen molar-refractivity contribution in [2.45, 2.75) is 33.4 Å². The number of rotatable bonds is 5. The molecule has 0 aliphatic rings. The average molecular weight is 230 g/mol. The maximum absolute atomic E-state index is 5.52. The predicted molar refractivity (Wildman–Crippen MR) is 67.6 cm³/mol. The summed E-state index contributed by atoms with van der Waals surface area (Å²) in [5.41, 5.74) is 2.56. The van der Waals surface area contributed by atoms with E-state index in [0.717, 1.165) is 24.6 Å². The maximum Gasteiger partial charge on any atom is 0.208 e. The van der Waals surface area contributed by atoms with E-state index in [4.69, 9.17) is 4.42 Å². The van der Waals surface area contributed by atoms with Crippen LogP contribution < -0.4 is 5.32 Å². The van der Waals surface area contributed by atoms with Crippen molar-refractivity contribution in [2.24, 2.45) is 0 Å². The predicted octanol–water partition coefficient (Wildman–Crippen LogP) is 2.84. The van der Waals surface area contributed by atoms with E-state index in [1.807, 2.05) is 0 Å². The van der Waals surface area contributed by atoms with Crippen LogP contribution in [0.25, 0.3) is 0 Å². The van der Waals surface area contributed by atoms with Gasteiger partial charge in [-0.15, -0.1) is 0 Å². The number of benzene rings is 1. The molecule has 0 saturated heterocycles. The van der Waals surface area contributed by atoms with Gasteiger partial charge in [-0.05, 0) is 12.5 Å². The molecule has 1 N–H and O–H groups in total. The first-order valence-corrected chi connectivity index (χ1v) is 5.97. The molecular formula is C14H18N2O. The molecule has 0 radical (unpaired) electrons. The third-order valence-electron chi connectivity index (χ3n) is 2.68. The molecular weight excluding hydrogens is 212 g/mol. The molecule has 90 valence electrons. The molecule has 2 rings (SSSR count). The SMILES string of the molecule is CCc1cnc(CNCc2ccc(C)cc2)o1. The highest BCUT2D eigenvalue weighted by molar-refractivity contribution is 5.21. The fourth-order valence-corrected chi connectivity index (χ4v) is 1.61. The molecule has 0 spiro atoms. The van der Waals surface area contributed by atoms with Crippen LogP contribution in [-0.4, -0.2) is 4.98 Å². The summed E-state index contributed by atoms with van der Waals surface area (Å²) in [5.74, 6) is 1.70. The van der Waals surface area contributed by atoms with Gasteiger partial charge in [0.2, 0.25) is 5.89 Å². The van der Waals surface area contributed by atoms with Crippen LogP contribution in [0.5, 0.6) is 0 Å². The van der Waals surface area contributed by atoms with Crippen molar-refractivity contribution in [2.75, 3.05) is 0 Å². The summed E-state index contributed by atoms with van der Waals surface area (Å²) in [5, 5.41) is 3.32. The highest BCUT2D eigenvalue weighted by Crippen LogP contribution is 2.05. The molecule has 0 aliphatic carbocycles. The van der Waals surface area contributed by atoms with Crippen LogP contribution in [0.15, 0.2) is 34.9 Å². The minimum atomic E-state index is 0.674. The Labute approximate surface area is 102 Å². The fraction of sp³-hybridized carbons (Fsp3) is 0.357. The summed E-state index contributed by atoms with van der Waals surface area (Å²) < 4.78 is 5.52. The van der Waals surface area contributed by atoms with Crippen LogP contribution in [0.4, 0.5) is 0 Å². The number of aryl methyl sites for hydroxylation is 2. The molecule has 0 amide bonds. The number of nitrogens with one attached hydrogen (secondary N) is 1. The Morgan fingerprint density at radius 3 is 2.59 bits per heavy atom. The van der Waals surface area contributed by atoms with Crippen molar-refractivity contribution in [1.29, 1.82) is 0 Å². The largest absolute Gasteiger partial charge is 0.444 e. The van der Waals surface area contributed by atoms with Gasteiger partial charge in [-0.2, -0.15) is 0 Å². The highest BCUT2D eigenvalue weighted by atomic mass is 16.4. The molecule has 2 aromatic rings. The van der Waals surface area contributed by atoms with E-state index in [9.17, 15) is 0 Å². The summed E-state index contributed by atoms with van der Waals surface area (Å²) in [6.45, 7) is 5.66. The normalized spacial score (nSPS) is 10.7. The lowest BCUT2D eigenvalue weighted by Gasteiger charge is -2.02. The van der Waals surface area contributed by atoms with Gasteiger partial charge in [-0.1, -0.05) is 36.8 Å². The van der Waals surface area contributed by atoms with Crippen molar-refractivity contribution in [3.63, 3.8) is 0 Å². The van der Waals surface area contributed by atoms with Crippen molar-refractivity contribution < 1.29 is 4.42 Å². The monoisotopic (exact) mass is 230 g/mol. The number of hydrogen-bond acceptors (Lipinski definition) is 3. The first kappa shape index (κ1) is 11.9. The molecule has 3 nitrogen and oxygen atoms in total. The fourth-order valence-electron chi connectivity index (χ4n) is 1.61. The zero-order valence-corrected chi connectivity index (χ0v) is 10.4. The summed E-state index contributed by atoms with van der Waals surface area (Å²) in [6.07, 6.45) is 2.69. The second-order valence-corrected chi connectivity index (χ2v) is 4.16. The lowest BCUT2D eigenvalue weighted by Crippen LogP contribution is -2.12. The van der Waals surface area contributed by atoms with Crippen LogP contribution in [0.1, 0.15) is 29.7 Å². The Bertz CT molecular complexity index is 459. The van der Waals surface area contributed by atoms with Crippen LogP contribution in [0.3, 0.4) is 0 Å². The van der Waals surface area contributed by atoms with Gasteiger partial charge in [-0.25, -0.2) is 4.98 Å². The molecule has 0 saturated carbocycles. The molecule has 1 aromatic heterocycles. The molecule has 1 heterocycles. The Morgan fingerprint density at radius 2 is 1.94 bits per heavy atom. The van der Waals surface area contributed by atoms with Crippen LogP contribution in [0.2, 0.25) is 0 Å². The molecule has 0 aliphatic heterocycles. The quantitative estimate of drug-likeness (QED) is 0.858. The van der Waals surface area contributed by atoms with E-state index in [0.29, 0.717) is 6.54 Å². The van der Waals surface area contributed by atoms with Gasteiger partial charge < -0.3 is 9.73 Å². The molecule has 0 fully saturated rings. The molecule has 0 atom stereocenters. The van der Waals surface area contributed by atoms with Crippen LogP contribution in [-0.2, 0) is 19.5 Å². The van der Waals surface area contributed by atoms with Crippen molar-refractivity contribution in [3.8, 4) is 0 Å². The maximum atomic E-state index is 5.52. The Morgan fingerprint density at radius 1 is 1.18 bits per heavy atom.